The summed E-state index contributed by atoms with van der Waals surface area (Å²) in [6, 6.07) is 14.0. The lowest BCUT2D eigenvalue weighted by Gasteiger charge is -2.23. The first kappa shape index (κ1) is 25.2. The van der Waals surface area contributed by atoms with E-state index in [2.05, 4.69) is 20.6 Å². The highest BCUT2D eigenvalue weighted by atomic mass is 31.2. The molecule has 1 atom stereocenters. The Balaban J connectivity index is 1.39. The number of ether oxygens (including phenoxy) is 1. The predicted octanol–water partition coefficient (Wildman–Crippen LogP) is 4.97. The molecule has 2 aromatic heterocycles. The summed E-state index contributed by atoms with van der Waals surface area (Å²) in [6.07, 6.45) is 1.68. The van der Waals surface area contributed by atoms with Gasteiger partial charge in [-0.3, -0.25) is 9.36 Å². The maximum absolute atomic E-state index is 12.7. The van der Waals surface area contributed by atoms with Crippen LogP contribution in [0.3, 0.4) is 0 Å². The third-order valence-corrected chi connectivity index (χ3v) is 7.25. The van der Waals surface area contributed by atoms with Crippen molar-refractivity contribution in [3.05, 3.63) is 65.9 Å². The molecule has 3 heterocycles. The Labute approximate surface area is 209 Å². The number of pyridine rings is 2. The zero-order valence-corrected chi connectivity index (χ0v) is 21.2. The van der Waals surface area contributed by atoms with Crippen LogP contribution in [0.2, 0.25) is 0 Å². The molecule has 4 rings (SSSR count). The first-order valence-corrected chi connectivity index (χ1v) is 13.9. The number of hydrogen-bond acceptors (Lipinski definition) is 8. The van der Waals surface area contributed by atoms with Crippen molar-refractivity contribution in [3.63, 3.8) is 0 Å². The Morgan fingerprint density at radius 1 is 1.17 bits per heavy atom. The lowest BCUT2D eigenvalue weighted by molar-refractivity contribution is 0.102. The highest BCUT2D eigenvalue weighted by Gasteiger charge is 2.28. The molecule has 0 saturated heterocycles. The number of hydrogen-bond donors (Lipinski definition) is 2. The molecule has 0 spiro atoms. The van der Waals surface area contributed by atoms with Gasteiger partial charge in [0.25, 0.3) is 5.91 Å². The maximum atomic E-state index is 12.7. The van der Waals surface area contributed by atoms with Gasteiger partial charge in [-0.2, -0.15) is 4.98 Å². The predicted molar refractivity (Wildman–Crippen MR) is 138 cm³/mol. The molecular formula is C25H28N5O5P. The van der Waals surface area contributed by atoms with Gasteiger partial charge < -0.3 is 24.8 Å². The van der Waals surface area contributed by atoms with Gasteiger partial charge >= 0.3 is 6.09 Å². The molecule has 2 N–H and O–H groups in total. The fraction of sp³-hybridized carbons (Fsp3) is 0.280. The van der Waals surface area contributed by atoms with Crippen LogP contribution in [0.5, 0.6) is 11.6 Å². The number of anilines is 3. The van der Waals surface area contributed by atoms with E-state index in [4.69, 9.17) is 9.26 Å². The van der Waals surface area contributed by atoms with Gasteiger partial charge in [-0.25, -0.2) is 9.78 Å². The molecule has 1 aromatic carbocycles. The van der Waals surface area contributed by atoms with Gasteiger partial charge in [0, 0.05) is 38.2 Å². The van der Waals surface area contributed by atoms with E-state index in [1.807, 2.05) is 25.1 Å². The third-order valence-electron chi connectivity index (χ3n) is 5.52. The Kier molecular flexibility index (Phi) is 7.55. The molecule has 36 heavy (non-hydrogen) atoms. The number of benzene rings is 1. The number of aryl methyl sites for hydroxylation is 1. The molecule has 11 heteroatoms. The summed E-state index contributed by atoms with van der Waals surface area (Å²) in [4.78, 5) is 35.8. The highest BCUT2D eigenvalue weighted by molar-refractivity contribution is 7.58. The average Bonchev–Trinajstić information content (AvgIpc) is 2.96. The number of para-hydroxylation sites is 1. The van der Waals surface area contributed by atoms with Crippen molar-refractivity contribution in [2.75, 3.05) is 36.1 Å². The molecule has 1 aliphatic rings. The first-order chi connectivity index (χ1) is 17.3. The largest absolute Gasteiger partial charge is 0.443 e. The van der Waals surface area contributed by atoms with Crippen LogP contribution in [0.25, 0.3) is 0 Å². The summed E-state index contributed by atoms with van der Waals surface area (Å²) in [5, 5.41) is 5.54. The van der Waals surface area contributed by atoms with Crippen molar-refractivity contribution in [2.24, 2.45) is 0 Å². The van der Waals surface area contributed by atoms with E-state index in [-0.39, 0.29) is 18.3 Å². The van der Waals surface area contributed by atoms with Crippen molar-refractivity contribution >= 4 is 36.7 Å². The van der Waals surface area contributed by atoms with Crippen molar-refractivity contribution in [2.45, 2.75) is 20.3 Å². The van der Waals surface area contributed by atoms with Gasteiger partial charge in [0.15, 0.2) is 5.82 Å². The van der Waals surface area contributed by atoms with E-state index in [0.29, 0.717) is 53.3 Å². The highest BCUT2D eigenvalue weighted by Crippen LogP contribution is 2.43. The first-order valence-electron chi connectivity index (χ1n) is 11.6. The number of carbonyl (C=O) groups excluding carboxylic acids is 2. The minimum Gasteiger partial charge on any atom is -0.443 e. The minimum absolute atomic E-state index is 0.0874. The zero-order valence-electron chi connectivity index (χ0n) is 20.4. The van der Waals surface area contributed by atoms with Crippen molar-refractivity contribution in [1.82, 2.24) is 15.3 Å². The van der Waals surface area contributed by atoms with Crippen LogP contribution in [0.4, 0.5) is 22.1 Å². The smallest absolute Gasteiger partial charge is 0.413 e. The number of carbonyl (C=O) groups is 2. The number of amides is 2. The summed E-state index contributed by atoms with van der Waals surface area (Å²) < 4.78 is 23.7. The number of fused-ring (bicyclic) bond motifs is 2. The monoisotopic (exact) mass is 509 g/mol. The van der Waals surface area contributed by atoms with Crippen molar-refractivity contribution in [3.8, 4) is 11.6 Å². The molecule has 1 unspecified atom stereocenters. The lowest BCUT2D eigenvalue weighted by Crippen LogP contribution is -2.29. The van der Waals surface area contributed by atoms with Crippen LogP contribution < -0.4 is 24.8 Å². The van der Waals surface area contributed by atoms with Crippen LogP contribution in [0, 0.1) is 6.92 Å². The molecular weight excluding hydrogens is 481 g/mol. The standard InChI is InChI=1S/C25H28N5O5P/c1-4-30-22-19(12-8-13-26-22)24(31)29-21-17(2)16-20(28-23(21)30)34-25(32)27-14-9-15-36(3,33)35-18-10-6-5-7-11-18/h5-8,10-13,16H,4,9,14-15H2,1-3H3,(H,27,32)(H,29,31). The second-order valence-corrected chi connectivity index (χ2v) is 11.0. The summed E-state index contributed by atoms with van der Waals surface area (Å²) in [6.45, 7) is 6.05. The second-order valence-electron chi connectivity index (χ2n) is 8.36. The van der Waals surface area contributed by atoms with Crippen molar-refractivity contribution in [1.29, 1.82) is 0 Å². The van der Waals surface area contributed by atoms with Gasteiger partial charge in [-0.1, -0.05) is 18.2 Å². The molecule has 0 fully saturated rings. The van der Waals surface area contributed by atoms with Crippen LogP contribution in [0.15, 0.2) is 54.7 Å². The van der Waals surface area contributed by atoms with E-state index >= 15 is 0 Å². The third kappa shape index (κ3) is 5.83. The minimum atomic E-state index is -2.86. The van der Waals surface area contributed by atoms with Gasteiger partial charge in [0.05, 0.1) is 11.3 Å². The number of aromatic nitrogens is 2. The van der Waals surface area contributed by atoms with Crippen molar-refractivity contribution < 1.29 is 23.4 Å². The molecule has 0 radical (unpaired) electrons. The molecule has 3 aromatic rings. The Morgan fingerprint density at radius 2 is 1.94 bits per heavy atom. The quantitative estimate of drug-likeness (QED) is 0.322. The second kappa shape index (κ2) is 10.8. The Bertz CT molecular complexity index is 1320. The number of nitrogens with zero attached hydrogens (tertiary/aromatic N) is 3. The van der Waals surface area contributed by atoms with E-state index in [1.54, 1.807) is 55.0 Å². The Morgan fingerprint density at radius 3 is 2.69 bits per heavy atom. The van der Waals surface area contributed by atoms with E-state index in [0.717, 1.165) is 0 Å². The van der Waals surface area contributed by atoms with E-state index in [9.17, 15) is 14.2 Å². The van der Waals surface area contributed by atoms with Crippen LogP contribution in [-0.4, -0.2) is 47.9 Å². The van der Waals surface area contributed by atoms with Gasteiger partial charge in [-0.05, 0) is 50.1 Å². The molecule has 0 saturated carbocycles. The van der Waals surface area contributed by atoms with E-state index in [1.165, 1.54) is 0 Å². The zero-order chi connectivity index (χ0) is 25.7. The van der Waals surface area contributed by atoms with Gasteiger partial charge in [-0.15, -0.1) is 0 Å². The number of rotatable bonds is 8. The Hall–Kier alpha value is -3.91. The lowest BCUT2D eigenvalue weighted by atomic mass is 10.2. The fourth-order valence-corrected chi connectivity index (χ4v) is 5.23. The maximum Gasteiger partial charge on any atom is 0.413 e. The SMILES string of the molecule is CCN1c2ncccc2C(=O)Nc2c(C)cc(OC(=O)NCCCP(C)(=O)Oc3ccccc3)nc21. The van der Waals surface area contributed by atoms with Crippen LogP contribution >= 0.6 is 7.37 Å². The molecule has 2 amide bonds. The normalized spacial score (nSPS) is 14.0. The number of nitrogens with one attached hydrogen (secondary N) is 2. The molecule has 10 nitrogen and oxygen atoms in total. The molecule has 0 aliphatic carbocycles. The summed E-state index contributed by atoms with van der Waals surface area (Å²) in [5.41, 5.74) is 1.65. The molecule has 0 bridgehead atoms. The van der Waals surface area contributed by atoms with Crippen LogP contribution in [-0.2, 0) is 4.57 Å². The van der Waals surface area contributed by atoms with E-state index < -0.39 is 13.5 Å². The summed E-state index contributed by atoms with van der Waals surface area (Å²) >= 11 is 0. The average molecular weight is 510 g/mol. The van der Waals surface area contributed by atoms with Gasteiger partial charge in [0.2, 0.25) is 13.2 Å². The summed E-state index contributed by atoms with van der Waals surface area (Å²) in [5.74, 6) is 1.28. The topological polar surface area (TPSA) is 123 Å². The molecule has 188 valence electrons. The fourth-order valence-electron chi connectivity index (χ4n) is 3.84. The molecule has 1 aliphatic heterocycles. The summed E-state index contributed by atoms with van der Waals surface area (Å²) in [7, 11) is -2.86. The van der Waals surface area contributed by atoms with Gasteiger partial charge in [0.1, 0.15) is 11.6 Å². The van der Waals surface area contributed by atoms with Crippen LogP contribution in [0.1, 0.15) is 29.3 Å².